The molecule has 98 valence electrons. The van der Waals surface area contributed by atoms with E-state index in [9.17, 15) is 9.59 Å². The van der Waals surface area contributed by atoms with Gasteiger partial charge in [0.15, 0.2) is 0 Å². The Labute approximate surface area is 125 Å². The van der Waals surface area contributed by atoms with Crippen LogP contribution < -0.4 is 0 Å². The molecule has 2 aromatic carbocycles. The number of rotatable bonds is 5. The van der Waals surface area contributed by atoms with Crippen LogP contribution in [-0.4, -0.2) is 11.9 Å². The zero-order valence-corrected chi connectivity index (χ0v) is 12.0. The molecule has 0 N–H and O–H groups in total. The molecule has 2 rings (SSSR count). The van der Waals surface area contributed by atoms with E-state index >= 15 is 0 Å². The Bertz CT molecular complexity index is 607. The van der Waals surface area contributed by atoms with E-state index in [0.29, 0.717) is 0 Å². The Kier molecular flexibility index (Phi) is 5.48. The fourth-order valence-corrected chi connectivity index (χ4v) is 3.10. The Morgan fingerprint density at radius 3 is 1.30 bits per heavy atom. The topological polar surface area (TPSA) is 34.1 Å². The van der Waals surface area contributed by atoms with E-state index in [1.54, 1.807) is 0 Å². The van der Waals surface area contributed by atoms with Gasteiger partial charge in [-0.1, -0.05) is 59.9 Å². The highest BCUT2D eigenvalue weighted by Crippen LogP contribution is 2.37. The minimum atomic E-state index is 0.250. The second-order valence-electron chi connectivity index (χ2n) is 3.69. The van der Waals surface area contributed by atoms with Crippen molar-refractivity contribution in [2.24, 2.45) is 0 Å². The highest BCUT2D eigenvalue weighted by molar-refractivity contribution is 8.08. The highest BCUT2D eigenvalue weighted by atomic mass is 32.2. The fraction of sp³-hybridized carbons (Fsp3) is 0. The van der Waals surface area contributed by atoms with Gasteiger partial charge in [-0.2, -0.15) is 0 Å². The van der Waals surface area contributed by atoms with Gasteiger partial charge >= 0.3 is 0 Å². The molecule has 0 atom stereocenters. The Balaban J connectivity index is 2.18. The van der Waals surface area contributed by atoms with E-state index in [1.165, 1.54) is 23.5 Å². The zero-order valence-electron chi connectivity index (χ0n) is 10.4. The van der Waals surface area contributed by atoms with Crippen molar-refractivity contribution in [2.45, 2.75) is 9.79 Å². The van der Waals surface area contributed by atoms with Crippen LogP contribution in [0, 0.1) is 0 Å². The summed E-state index contributed by atoms with van der Waals surface area (Å²) in [6, 6.07) is 18.8. The lowest BCUT2D eigenvalue weighted by atomic mass is 10.4. The second-order valence-corrected chi connectivity index (χ2v) is 5.86. The SMILES string of the molecule is O=C=C(Sc1ccccc1)C(=C=O)Sc1ccccc1. The first kappa shape index (κ1) is 14.4. The van der Waals surface area contributed by atoms with Crippen molar-refractivity contribution in [2.75, 3.05) is 0 Å². The van der Waals surface area contributed by atoms with Gasteiger partial charge in [0.2, 0.25) is 0 Å². The van der Waals surface area contributed by atoms with Crippen molar-refractivity contribution >= 4 is 35.4 Å². The lowest BCUT2D eigenvalue weighted by molar-refractivity contribution is 0.566. The van der Waals surface area contributed by atoms with Gasteiger partial charge in [-0.3, -0.25) is 0 Å². The first-order chi connectivity index (χ1) is 9.83. The summed E-state index contributed by atoms with van der Waals surface area (Å²) in [6.07, 6.45) is 0. The molecule has 0 saturated carbocycles. The number of hydrogen-bond acceptors (Lipinski definition) is 4. The fourth-order valence-electron chi connectivity index (χ4n) is 1.44. The molecular weight excluding hydrogens is 288 g/mol. The van der Waals surface area contributed by atoms with Crippen LogP contribution in [0.1, 0.15) is 0 Å². The van der Waals surface area contributed by atoms with E-state index in [-0.39, 0.29) is 9.81 Å². The van der Waals surface area contributed by atoms with Gasteiger partial charge in [0.05, 0.1) is 0 Å². The van der Waals surface area contributed by atoms with Gasteiger partial charge in [0.25, 0.3) is 0 Å². The maximum absolute atomic E-state index is 11.1. The van der Waals surface area contributed by atoms with Crippen LogP contribution in [0.4, 0.5) is 0 Å². The molecule has 0 bridgehead atoms. The Morgan fingerprint density at radius 2 is 1.00 bits per heavy atom. The zero-order chi connectivity index (χ0) is 14.2. The Morgan fingerprint density at radius 1 is 0.650 bits per heavy atom. The average Bonchev–Trinajstić information content (AvgIpc) is 2.52. The lowest BCUT2D eigenvalue weighted by Crippen LogP contribution is -1.85. The van der Waals surface area contributed by atoms with Gasteiger partial charge in [-0.15, -0.1) is 0 Å². The third-order valence-electron chi connectivity index (χ3n) is 2.32. The standard InChI is InChI=1S/C16H10O2S2/c17-11-15(19-13-7-3-1-4-8-13)16(12-18)20-14-9-5-2-6-10-14/h1-10H. The summed E-state index contributed by atoms with van der Waals surface area (Å²) < 4.78 is 0. The van der Waals surface area contributed by atoms with Gasteiger partial charge in [-0.05, 0) is 24.3 Å². The number of hydrogen-bond donors (Lipinski definition) is 0. The second kappa shape index (κ2) is 7.59. The molecule has 0 aliphatic carbocycles. The van der Waals surface area contributed by atoms with Gasteiger partial charge in [-0.25, -0.2) is 9.59 Å². The van der Waals surface area contributed by atoms with Gasteiger partial charge in [0.1, 0.15) is 21.7 Å². The minimum Gasteiger partial charge on any atom is -0.232 e. The third kappa shape index (κ3) is 4.02. The first-order valence-electron chi connectivity index (χ1n) is 5.80. The molecule has 0 fully saturated rings. The molecule has 0 radical (unpaired) electrons. The minimum absolute atomic E-state index is 0.250. The van der Waals surface area contributed by atoms with E-state index in [1.807, 2.05) is 72.5 Å². The number of benzene rings is 2. The molecule has 0 saturated heterocycles. The molecule has 0 aliphatic heterocycles. The van der Waals surface area contributed by atoms with E-state index in [0.717, 1.165) is 9.79 Å². The van der Waals surface area contributed by atoms with Crippen LogP contribution in [0.5, 0.6) is 0 Å². The molecule has 0 aromatic heterocycles. The number of thioether (sulfide) groups is 2. The van der Waals surface area contributed by atoms with Crippen LogP contribution in [0.25, 0.3) is 0 Å². The smallest absolute Gasteiger partial charge is 0.141 e. The van der Waals surface area contributed by atoms with Crippen LogP contribution in [0.3, 0.4) is 0 Å². The Hall–Kier alpha value is -1.96. The molecule has 0 aliphatic rings. The summed E-state index contributed by atoms with van der Waals surface area (Å²) in [5.74, 6) is 3.66. The normalized spacial score (nSPS) is 9.40. The summed E-state index contributed by atoms with van der Waals surface area (Å²) in [6.45, 7) is 0. The van der Waals surface area contributed by atoms with Gasteiger partial charge in [0, 0.05) is 9.79 Å². The monoisotopic (exact) mass is 298 g/mol. The maximum atomic E-state index is 11.1. The summed E-state index contributed by atoms with van der Waals surface area (Å²) in [7, 11) is 0. The molecular formula is C16H10O2S2. The third-order valence-corrected chi connectivity index (χ3v) is 4.45. The molecule has 0 heterocycles. The largest absolute Gasteiger partial charge is 0.232 e. The van der Waals surface area contributed by atoms with Crippen molar-refractivity contribution in [3.63, 3.8) is 0 Å². The van der Waals surface area contributed by atoms with Gasteiger partial charge < -0.3 is 0 Å². The van der Waals surface area contributed by atoms with Crippen LogP contribution in [-0.2, 0) is 9.59 Å². The predicted octanol–water partition coefficient (Wildman–Crippen LogP) is 4.00. The predicted molar refractivity (Wildman–Crippen MR) is 83.0 cm³/mol. The number of carbonyl (C=O) groups excluding carboxylic acids is 2. The molecule has 2 nitrogen and oxygen atoms in total. The van der Waals surface area contributed by atoms with E-state index in [4.69, 9.17) is 0 Å². The van der Waals surface area contributed by atoms with Crippen molar-refractivity contribution < 1.29 is 9.59 Å². The molecule has 4 heteroatoms. The quantitative estimate of drug-likeness (QED) is 0.474. The molecule has 2 aromatic rings. The summed E-state index contributed by atoms with van der Waals surface area (Å²) >= 11 is 2.43. The maximum Gasteiger partial charge on any atom is 0.141 e. The molecule has 0 spiro atoms. The summed E-state index contributed by atoms with van der Waals surface area (Å²) in [5, 5.41) is 0. The van der Waals surface area contributed by atoms with Crippen LogP contribution >= 0.6 is 23.5 Å². The average molecular weight is 298 g/mol. The van der Waals surface area contributed by atoms with E-state index < -0.39 is 0 Å². The van der Waals surface area contributed by atoms with Crippen molar-refractivity contribution in [3.05, 3.63) is 70.5 Å². The highest BCUT2D eigenvalue weighted by Gasteiger charge is 2.12. The molecule has 20 heavy (non-hydrogen) atoms. The summed E-state index contributed by atoms with van der Waals surface area (Å²) in [4.78, 5) is 24.5. The summed E-state index contributed by atoms with van der Waals surface area (Å²) in [5.41, 5.74) is 0. The molecule has 0 amide bonds. The van der Waals surface area contributed by atoms with Crippen molar-refractivity contribution in [3.8, 4) is 0 Å². The first-order valence-corrected chi connectivity index (χ1v) is 7.43. The van der Waals surface area contributed by atoms with Crippen molar-refractivity contribution in [1.82, 2.24) is 0 Å². The molecule has 0 unspecified atom stereocenters. The lowest BCUT2D eigenvalue weighted by Gasteiger charge is -2.04. The van der Waals surface area contributed by atoms with Crippen LogP contribution in [0.15, 0.2) is 80.3 Å². The van der Waals surface area contributed by atoms with E-state index in [2.05, 4.69) is 0 Å². The van der Waals surface area contributed by atoms with Crippen molar-refractivity contribution in [1.29, 1.82) is 0 Å². The van der Waals surface area contributed by atoms with Crippen LogP contribution in [0.2, 0.25) is 0 Å².